The van der Waals surface area contributed by atoms with Crippen LogP contribution >= 0.6 is 11.3 Å². The molecule has 0 aliphatic heterocycles. The third-order valence-electron chi connectivity index (χ3n) is 4.49. The number of aryl methyl sites for hydroxylation is 1. The Kier molecular flexibility index (Phi) is 4.63. The Morgan fingerprint density at radius 1 is 1.47 bits per heavy atom. The van der Waals surface area contributed by atoms with Crippen molar-refractivity contribution in [1.29, 1.82) is 0 Å². The summed E-state index contributed by atoms with van der Waals surface area (Å²) >= 11 is 1.37. The van der Waals surface area contributed by atoms with Gasteiger partial charge >= 0.3 is 5.97 Å². The monoisotopic (exact) mass is 281 g/mol. The molecule has 0 saturated heterocycles. The summed E-state index contributed by atoms with van der Waals surface area (Å²) in [5.41, 5.74) is 1.13. The fourth-order valence-corrected chi connectivity index (χ4v) is 3.79. The van der Waals surface area contributed by atoms with E-state index in [2.05, 4.69) is 19.2 Å². The zero-order chi connectivity index (χ0) is 14.0. The van der Waals surface area contributed by atoms with Crippen LogP contribution in [0.1, 0.15) is 53.2 Å². The van der Waals surface area contributed by atoms with Gasteiger partial charge in [-0.05, 0) is 36.8 Å². The Hall–Kier alpha value is -0.870. The zero-order valence-electron chi connectivity index (χ0n) is 11.9. The number of nitrogens with one attached hydrogen (secondary N) is 1. The van der Waals surface area contributed by atoms with Gasteiger partial charge < -0.3 is 10.4 Å². The number of carboxylic acid groups (broad SMARTS) is 1. The second-order valence-corrected chi connectivity index (χ2v) is 7.01. The molecule has 0 amide bonds. The smallest absolute Gasteiger partial charge is 0.345 e. The lowest BCUT2D eigenvalue weighted by molar-refractivity contribution is 0.0702. The van der Waals surface area contributed by atoms with Crippen molar-refractivity contribution in [1.82, 2.24) is 5.32 Å². The van der Waals surface area contributed by atoms with Crippen LogP contribution in [0, 0.1) is 18.8 Å². The van der Waals surface area contributed by atoms with Crippen molar-refractivity contribution < 1.29 is 9.90 Å². The Balaban J connectivity index is 1.96. The summed E-state index contributed by atoms with van der Waals surface area (Å²) in [6.07, 6.45) is 3.87. The average molecular weight is 281 g/mol. The summed E-state index contributed by atoms with van der Waals surface area (Å²) in [5.74, 6) is 0.662. The summed E-state index contributed by atoms with van der Waals surface area (Å²) in [7, 11) is 0. The standard InChI is InChI=1S/C15H23NO2S/c1-9-5-4-6-13(10(9)2)16-8-12-7-14(15(17)18)19-11(12)3/h7,9-10,13,16H,4-6,8H2,1-3H3,(H,17,18). The highest BCUT2D eigenvalue weighted by Gasteiger charge is 2.26. The minimum atomic E-state index is -0.820. The largest absolute Gasteiger partial charge is 0.477 e. The molecule has 0 spiro atoms. The predicted molar refractivity (Wildman–Crippen MR) is 78.8 cm³/mol. The number of hydrogen-bond donors (Lipinski definition) is 2. The van der Waals surface area contributed by atoms with Gasteiger partial charge in [-0.25, -0.2) is 4.79 Å². The van der Waals surface area contributed by atoms with Crippen molar-refractivity contribution in [3.05, 3.63) is 21.4 Å². The topological polar surface area (TPSA) is 49.3 Å². The third-order valence-corrected chi connectivity index (χ3v) is 5.57. The Labute approximate surface area is 119 Å². The Morgan fingerprint density at radius 2 is 2.21 bits per heavy atom. The summed E-state index contributed by atoms with van der Waals surface area (Å²) in [6.45, 7) is 7.44. The van der Waals surface area contributed by atoms with Crippen LogP contribution in [0.4, 0.5) is 0 Å². The molecular formula is C15H23NO2S. The lowest BCUT2D eigenvalue weighted by Crippen LogP contribution is -2.40. The van der Waals surface area contributed by atoms with Gasteiger partial charge in [-0.3, -0.25) is 0 Å². The van der Waals surface area contributed by atoms with Crippen molar-refractivity contribution in [3.63, 3.8) is 0 Å². The summed E-state index contributed by atoms with van der Waals surface area (Å²) < 4.78 is 0. The van der Waals surface area contributed by atoms with Crippen molar-refractivity contribution in [3.8, 4) is 0 Å². The van der Waals surface area contributed by atoms with Crippen molar-refractivity contribution in [2.75, 3.05) is 0 Å². The maximum Gasteiger partial charge on any atom is 0.345 e. The number of carbonyl (C=O) groups is 1. The predicted octanol–water partition coefficient (Wildman–Crippen LogP) is 3.67. The molecule has 3 atom stereocenters. The highest BCUT2D eigenvalue weighted by atomic mass is 32.1. The van der Waals surface area contributed by atoms with E-state index in [0.717, 1.165) is 22.9 Å². The van der Waals surface area contributed by atoms with E-state index in [4.69, 9.17) is 5.11 Å². The van der Waals surface area contributed by atoms with Gasteiger partial charge in [-0.1, -0.05) is 26.7 Å². The maximum atomic E-state index is 11.0. The van der Waals surface area contributed by atoms with E-state index in [0.29, 0.717) is 16.8 Å². The van der Waals surface area contributed by atoms with Gasteiger partial charge in [0, 0.05) is 17.5 Å². The van der Waals surface area contributed by atoms with Crippen molar-refractivity contribution >= 4 is 17.3 Å². The second-order valence-electron chi connectivity index (χ2n) is 5.75. The Morgan fingerprint density at radius 3 is 2.84 bits per heavy atom. The minimum absolute atomic E-state index is 0.444. The molecule has 1 heterocycles. The van der Waals surface area contributed by atoms with Crippen LogP contribution in [0.3, 0.4) is 0 Å². The van der Waals surface area contributed by atoms with Gasteiger partial charge in [0.05, 0.1) is 0 Å². The molecule has 3 unspecified atom stereocenters. The molecule has 19 heavy (non-hydrogen) atoms. The molecular weight excluding hydrogens is 258 g/mol. The average Bonchev–Trinajstić information content (AvgIpc) is 2.73. The van der Waals surface area contributed by atoms with Gasteiger partial charge in [0.2, 0.25) is 0 Å². The van der Waals surface area contributed by atoms with E-state index in [-0.39, 0.29) is 0 Å². The van der Waals surface area contributed by atoms with Gasteiger partial charge in [0.25, 0.3) is 0 Å². The normalized spacial score (nSPS) is 27.4. The summed E-state index contributed by atoms with van der Waals surface area (Å²) in [5, 5.41) is 12.6. The quantitative estimate of drug-likeness (QED) is 0.885. The van der Waals surface area contributed by atoms with E-state index < -0.39 is 5.97 Å². The van der Waals surface area contributed by atoms with E-state index in [1.165, 1.54) is 30.6 Å². The molecule has 0 aromatic carbocycles. The van der Waals surface area contributed by atoms with Crippen LogP contribution in [-0.4, -0.2) is 17.1 Å². The summed E-state index contributed by atoms with van der Waals surface area (Å²) in [6, 6.07) is 2.38. The first-order valence-corrected chi connectivity index (χ1v) is 7.86. The first kappa shape index (κ1) is 14.5. The number of hydrogen-bond acceptors (Lipinski definition) is 3. The molecule has 1 aliphatic carbocycles. The number of carboxylic acids is 1. The molecule has 2 N–H and O–H groups in total. The molecule has 1 saturated carbocycles. The molecule has 1 aromatic rings. The molecule has 0 radical (unpaired) electrons. The molecule has 2 rings (SSSR count). The maximum absolute atomic E-state index is 11.0. The highest BCUT2D eigenvalue weighted by molar-refractivity contribution is 7.14. The lowest BCUT2D eigenvalue weighted by Gasteiger charge is -2.34. The van der Waals surface area contributed by atoms with Gasteiger partial charge in [-0.2, -0.15) is 0 Å². The van der Waals surface area contributed by atoms with E-state index >= 15 is 0 Å². The van der Waals surface area contributed by atoms with Crippen LogP contribution in [0.25, 0.3) is 0 Å². The SMILES string of the molecule is Cc1sc(C(=O)O)cc1CNC1CCCC(C)C1C. The molecule has 106 valence electrons. The summed E-state index contributed by atoms with van der Waals surface area (Å²) in [4.78, 5) is 12.5. The van der Waals surface area contributed by atoms with E-state index in [1.807, 2.05) is 13.0 Å². The van der Waals surface area contributed by atoms with Crippen LogP contribution in [0.2, 0.25) is 0 Å². The van der Waals surface area contributed by atoms with Crippen molar-refractivity contribution in [2.45, 2.75) is 52.6 Å². The number of aromatic carboxylic acids is 1. The van der Waals surface area contributed by atoms with Crippen molar-refractivity contribution in [2.24, 2.45) is 11.8 Å². The fourth-order valence-electron chi connectivity index (χ4n) is 2.91. The van der Waals surface area contributed by atoms with Gasteiger partial charge in [0.1, 0.15) is 4.88 Å². The number of thiophene rings is 1. The van der Waals surface area contributed by atoms with E-state index in [9.17, 15) is 4.79 Å². The third kappa shape index (κ3) is 3.37. The van der Waals surface area contributed by atoms with E-state index in [1.54, 1.807) is 0 Å². The van der Waals surface area contributed by atoms with Crippen LogP contribution in [0.5, 0.6) is 0 Å². The van der Waals surface area contributed by atoms with Gasteiger partial charge in [0.15, 0.2) is 0 Å². The molecule has 1 aliphatic rings. The minimum Gasteiger partial charge on any atom is -0.477 e. The first-order chi connectivity index (χ1) is 8.99. The molecule has 1 fully saturated rings. The molecule has 3 nitrogen and oxygen atoms in total. The first-order valence-electron chi connectivity index (χ1n) is 7.05. The second kappa shape index (κ2) is 6.06. The van der Waals surface area contributed by atoms with Crippen LogP contribution in [-0.2, 0) is 6.54 Å². The van der Waals surface area contributed by atoms with Crippen LogP contribution < -0.4 is 5.32 Å². The highest BCUT2D eigenvalue weighted by Crippen LogP contribution is 2.30. The molecule has 1 aromatic heterocycles. The Bertz CT molecular complexity index is 455. The molecule has 0 bridgehead atoms. The lowest BCUT2D eigenvalue weighted by atomic mass is 9.78. The fraction of sp³-hybridized carbons (Fsp3) is 0.667. The number of rotatable bonds is 4. The zero-order valence-corrected chi connectivity index (χ0v) is 12.7. The van der Waals surface area contributed by atoms with Gasteiger partial charge in [-0.15, -0.1) is 11.3 Å². The molecule has 4 heteroatoms. The van der Waals surface area contributed by atoms with Crippen LogP contribution in [0.15, 0.2) is 6.07 Å².